The number of nitrogens with zero attached hydrogens (tertiary/aromatic N) is 1. The van der Waals surface area contributed by atoms with Crippen molar-refractivity contribution in [2.75, 3.05) is 0 Å². The van der Waals surface area contributed by atoms with Crippen molar-refractivity contribution in [2.24, 2.45) is 5.92 Å². The molecule has 1 aliphatic heterocycles. The van der Waals surface area contributed by atoms with E-state index < -0.39 is 0 Å². The maximum Gasteiger partial charge on any atom is 0.254 e. The third-order valence-corrected chi connectivity index (χ3v) is 4.51. The quantitative estimate of drug-likeness (QED) is 0.791. The third kappa shape index (κ3) is 1.89. The molecule has 2 atom stereocenters. The Balaban J connectivity index is 2.05. The number of carbonyl (C=O) groups is 2. The molecule has 0 unspecified atom stereocenters. The summed E-state index contributed by atoms with van der Waals surface area (Å²) in [5.41, 5.74) is 3.71. The standard InChI is InChI=1S/C17H19NO2/c1-3-11-5-6-13-10-12(4-2)17(14(13)9-11)18-15(19)7-8-16(18)20/h5-9,12,17H,3-4,10H2,1-2H3/t12-,17-/m0/s1. The lowest BCUT2D eigenvalue weighted by atomic mass is 9.95. The maximum atomic E-state index is 12.0. The Kier molecular flexibility index (Phi) is 3.20. The van der Waals surface area contributed by atoms with E-state index in [4.69, 9.17) is 0 Å². The summed E-state index contributed by atoms with van der Waals surface area (Å²) in [4.78, 5) is 25.5. The van der Waals surface area contributed by atoms with Crippen LogP contribution in [0.4, 0.5) is 0 Å². The van der Waals surface area contributed by atoms with E-state index in [9.17, 15) is 9.59 Å². The summed E-state index contributed by atoms with van der Waals surface area (Å²) in [6.07, 6.45) is 5.67. The second kappa shape index (κ2) is 4.89. The number of carbonyl (C=O) groups excluding carboxylic acids is 2. The van der Waals surface area contributed by atoms with Crippen LogP contribution in [0.25, 0.3) is 0 Å². The SMILES string of the molecule is CCc1ccc2c(c1)[C@@H](N1C(=O)C=CC1=O)[C@@H](CC)C2. The minimum Gasteiger partial charge on any atom is -0.269 e. The van der Waals surface area contributed by atoms with Gasteiger partial charge in [0.25, 0.3) is 11.8 Å². The summed E-state index contributed by atoms with van der Waals surface area (Å²) in [5.74, 6) is -0.00805. The van der Waals surface area contributed by atoms with Gasteiger partial charge in [-0.3, -0.25) is 14.5 Å². The first kappa shape index (κ1) is 13.1. The molecular weight excluding hydrogens is 250 g/mol. The lowest BCUT2D eigenvalue weighted by Crippen LogP contribution is -2.36. The highest BCUT2D eigenvalue weighted by Gasteiger charge is 2.41. The number of amides is 2. The van der Waals surface area contributed by atoms with E-state index in [1.54, 1.807) is 0 Å². The fourth-order valence-corrected chi connectivity index (χ4v) is 3.38. The molecule has 3 rings (SSSR count). The van der Waals surface area contributed by atoms with Gasteiger partial charge in [0.15, 0.2) is 0 Å². The molecule has 1 aromatic carbocycles. The van der Waals surface area contributed by atoms with Crippen molar-refractivity contribution >= 4 is 11.8 Å². The zero-order chi connectivity index (χ0) is 14.3. The molecule has 1 aliphatic carbocycles. The molecule has 0 bridgehead atoms. The van der Waals surface area contributed by atoms with Crippen LogP contribution in [0.1, 0.15) is 43.0 Å². The highest BCUT2D eigenvalue weighted by atomic mass is 16.2. The average molecular weight is 269 g/mol. The minimum atomic E-state index is -0.173. The van der Waals surface area contributed by atoms with Gasteiger partial charge in [-0.15, -0.1) is 0 Å². The van der Waals surface area contributed by atoms with Crippen LogP contribution in [-0.4, -0.2) is 16.7 Å². The van der Waals surface area contributed by atoms with Crippen molar-refractivity contribution in [2.45, 2.75) is 39.2 Å². The summed E-state index contributed by atoms with van der Waals surface area (Å²) in [6, 6.07) is 6.40. The third-order valence-electron chi connectivity index (χ3n) is 4.51. The van der Waals surface area contributed by atoms with Crippen molar-refractivity contribution in [3.63, 3.8) is 0 Å². The lowest BCUT2D eigenvalue weighted by molar-refractivity contribution is -0.140. The number of imide groups is 1. The highest BCUT2D eigenvalue weighted by molar-refractivity contribution is 6.13. The summed E-state index contributed by atoms with van der Waals surface area (Å²) < 4.78 is 0. The van der Waals surface area contributed by atoms with Crippen LogP contribution < -0.4 is 0 Å². The first-order valence-electron chi connectivity index (χ1n) is 7.32. The Morgan fingerprint density at radius 2 is 1.85 bits per heavy atom. The zero-order valence-electron chi connectivity index (χ0n) is 11.9. The molecule has 2 aliphatic rings. The van der Waals surface area contributed by atoms with Crippen molar-refractivity contribution in [1.29, 1.82) is 0 Å². The topological polar surface area (TPSA) is 37.4 Å². The van der Waals surface area contributed by atoms with Gasteiger partial charge in [-0.25, -0.2) is 0 Å². The van der Waals surface area contributed by atoms with E-state index in [0.29, 0.717) is 5.92 Å². The van der Waals surface area contributed by atoms with Crippen molar-refractivity contribution in [1.82, 2.24) is 4.90 Å². The maximum absolute atomic E-state index is 12.0. The molecule has 0 radical (unpaired) electrons. The van der Waals surface area contributed by atoms with E-state index >= 15 is 0 Å². The van der Waals surface area contributed by atoms with Crippen LogP contribution in [0.3, 0.4) is 0 Å². The highest BCUT2D eigenvalue weighted by Crippen LogP contribution is 2.43. The van der Waals surface area contributed by atoms with Gasteiger partial charge in [0.1, 0.15) is 0 Å². The van der Waals surface area contributed by atoms with Crippen LogP contribution in [0.2, 0.25) is 0 Å². The number of rotatable bonds is 3. The number of aryl methyl sites for hydroxylation is 1. The van der Waals surface area contributed by atoms with Gasteiger partial charge in [-0.1, -0.05) is 38.5 Å². The molecule has 2 amide bonds. The fourth-order valence-electron chi connectivity index (χ4n) is 3.38. The molecule has 0 saturated heterocycles. The molecule has 0 aromatic heterocycles. The van der Waals surface area contributed by atoms with Gasteiger partial charge in [0.05, 0.1) is 6.04 Å². The molecule has 0 fully saturated rings. The van der Waals surface area contributed by atoms with Gasteiger partial charge in [-0.05, 0) is 35.4 Å². The second-order valence-electron chi connectivity index (χ2n) is 5.58. The molecule has 3 nitrogen and oxygen atoms in total. The minimum absolute atomic E-state index is 0.0866. The first-order valence-corrected chi connectivity index (χ1v) is 7.32. The van der Waals surface area contributed by atoms with Crippen LogP contribution in [0.5, 0.6) is 0 Å². The first-order chi connectivity index (χ1) is 9.65. The zero-order valence-corrected chi connectivity index (χ0v) is 11.9. The van der Waals surface area contributed by atoms with E-state index in [2.05, 4.69) is 32.0 Å². The van der Waals surface area contributed by atoms with Gasteiger partial charge in [0, 0.05) is 12.2 Å². The molecule has 20 heavy (non-hydrogen) atoms. The predicted octanol–water partition coefficient (Wildman–Crippen LogP) is 2.80. The lowest BCUT2D eigenvalue weighted by Gasteiger charge is -2.28. The Morgan fingerprint density at radius 3 is 2.45 bits per heavy atom. The van der Waals surface area contributed by atoms with Crippen LogP contribution in [0, 0.1) is 5.92 Å². The summed E-state index contributed by atoms with van der Waals surface area (Å²) in [7, 11) is 0. The molecule has 0 N–H and O–H groups in total. The summed E-state index contributed by atoms with van der Waals surface area (Å²) in [6.45, 7) is 4.25. The fraction of sp³-hybridized carbons (Fsp3) is 0.412. The molecule has 1 aromatic rings. The Morgan fingerprint density at radius 1 is 1.15 bits per heavy atom. The molecule has 104 valence electrons. The van der Waals surface area contributed by atoms with Crippen molar-refractivity contribution in [3.8, 4) is 0 Å². The largest absolute Gasteiger partial charge is 0.269 e. The molecule has 0 saturated carbocycles. The second-order valence-corrected chi connectivity index (χ2v) is 5.58. The number of hydrogen-bond acceptors (Lipinski definition) is 2. The molecule has 0 spiro atoms. The summed E-state index contributed by atoms with van der Waals surface area (Å²) in [5, 5.41) is 0. The number of fused-ring (bicyclic) bond motifs is 1. The average Bonchev–Trinajstić information content (AvgIpc) is 2.98. The van der Waals surface area contributed by atoms with Crippen LogP contribution >= 0.6 is 0 Å². The predicted molar refractivity (Wildman–Crippen MR) is 77.0 cm³/mol. The van der Waals surface area contributed by atoms with Gasteiger partial charge >= 0.3 is 0 Å². The van der Waals surface area contributed by atoms with E-state index in [1.807, 2.05) is 0 Å². The molecular formula is C17H19NO2. The van der Waals surface area contributed by atoms with Crippen LogP contribution in [-0.2, 0) is 22.4 Å². The van der Waals surface area contributed by atoms with Gasteiger partial charge in [0.2, 0.25) is 0 Å². The monoisotopic (exact) mass is 269 g/mol. The molecule has 3 heteroatoms. The molecule has 1 heterocycles. The van der Waals surface area contributed by atoms with E-state index in [-0.39, 0.29) is 17.9 Å². The van der Waals surface area contributed by atoms with Gasteiger partial charge in [-0.2, -0.15) is 0 Å². The number of benzene rings is 1. The smallest absolute Gasteiger partial charge is 0.254 e. The summed E-state index contributed by atoms with van der Waals surface area (Å²) >= 11 is 0. The van der Waals surface area contributed by atoms with Gasteiger partial charge < -0.3 is 0 Å². The number of hydrogen-bond donors (Lipinski definition) is 0. The van der Waals surface area contributed by atoms with Crippen molar-refractivity contribution < 1.29 is 9.59 Å². The van der Waals surface area contributed by atoms with Crippen LogP contribution in [0.15, 0.2) is 30.4 Å². The van der Waals surface area contributed by atoms with E-state index in [1.165, 1.54) is 33.7 Å². The Labute approximate surface area is 119 Å². The van der Waals surface area contributed by atoms with E-state index in [0.717, 1.165) is 19.3 Å². The normalized spacial score (nSPS) is 24.6. The Bertz CT molecular complexity index is 585. The van der Waals surface area contributed by atoms with Crippen molar-refractivity contribution in [3.05, 3.63) is 47.0 Å². The Hall–Kier alpha value is -1.90.